The van der Waals surface area contributed by atoms with Crippen LogP contribution in [0.3, 0.4) is 0 Å². The van der Waals surface area contributed by atoms with Crippen molar-refractivity contribution in [1.82, 2.24) is 0 Å². The third kappa shape index (κ3) is 3.73. The third-order valence-electron chi connectivity index (χ3n) is 2.41. The predicted molar refractivity (Wildman–Crippen MR) is 58.2 cm³/mol. The molecule has 0 saturated heterocycles. The van der Waals surface area contributed by atoms with Crippen molar-refractivity contribution in [2.75, 3.05) is 14.2 Å². The highest BCUT2D eigenvalue weighted by molar-refractivity contribution is 5.91. The van der Waals surface area contributed by atoms with Gasteiger partial charge in [0.15, 0.2) is 0 Å². The standard InChI is InChI=1S/C12H13F3O3/c1-17-10(7-12(13,14)15)8-5-3-4-6-9(8)11(16)18-2/h3-6,10H,7H2,1-2H3. The Morgan fingerprint density at radius 1 is 1.28 bits per heavy atom. The molecule has 0 amide bonds. The Bertz CT molecular complexity index is 415. The lowest BCUT2D eigenvalue weighted by Crippen LogP contribution is -2.18. The molecule has 0 aliphatic heterocycles. The van der Waals surface area contributed by atoms with Gasteiger partial charge < -0.3 is 9.47 Å². The van der Waals surface area contributed by atoms with Crippen molar-refractivity contribution in [3.63, 3.8) is 0 Å². The summed E-state index contributed by atoms with van der Waals surface area (Å²) >= 11 is 0. The van der Waals surface area contributed by atoms with Crippen LogP contribution in [0.15, 0.2) is 24.3 Å². The molecule has 0 radical (unpaired) electrons. The van der Waals surface area contributed by atoms with Crippen LogP contribution >= 0.6 is 0 Å². The van der Waals surface area contributed by atoms with Crippen LogP contribution < -0.4 is 0 Å². The molecule has 100 valence electrons. The van der Waals surface area contributed by atoms with Crippen LogP contribution in [-0.2, 0) is 9.47 Å². The number of alkyl halides is 3. The highest BCUT2D eigenvalue weighted by Gasteiger charge is 2.34. The van der Waals surface area contributed by atoms with Crippen molar-refractivity contribution in [2.45, 2.75) is 18.7 Å². The fourth-order valence-electron chi connectivity index (χ4n) is 1.60. The highest BCUT2D eigenvalue weighted by atomic mass is 19.4. The van der Waals surface area contributed by atoms with E-state index in [1.807, 2.05) is 0 Å². The Balaban J connectivity index is 3.09. The number of halogens is 3. The van der Waals surface area contributed by atoms with E-state index in [9.17, 15) is 18.0 Å². The average molecular weight is 262 g/mol. The fraction of sp³-hybridized carbons (Fsp3) is 0.417. The molecule has 6 heteroatoms. The molecule has 0 fully saturated rings. The van der Waals surface area contributed by atoms with Crippen molar-refractivity contribution in [3.8, 4) is 0 Å². The molecule has 0 spiro atoms. The molecule has 1 aromatic rings. The highest BCUT2D eigenvalue weighted by Crippen LogP contribution is 2.33. The predicted octanol–water partition coefficient (Wildman–Crippen LogP) is 3.11. The van der Waals surface area contributed by atoms with E-state index in [-0.39, 0.29) is 11.1 Å². The van der Waals surface area contributed by atoms with Gasteiger partial charge in [-0.3, -0.25) is 0 Å². The van der Waals surface area contributed by atoms with E-state index in [0.29, 0.717) is 0 Å². The number of rotatable bonds is 4. The van der Waals surface area contributed by atoms with Crippen molar-refractivity contribution < 1.29 is 27.4 Å². The quantitative estimate of drug-likeness (QED) is 0.782. The molecule has 1 aromatic carbocycles. The van der Waals surface area contributed by atoms with Gasteiger partial charge in [-0.05, 0) is 11.6 Å². The number of benzene rings is 1. The number of esters is 1. The van der Waals surface area contributed by atoms with E-state index < -0.39 is 24.7 Å². The summed E-state index contributed by atoms with van der Waals surface area (Å²) in [5, 5.41) is 0. The molecule has 0 bridgehead atoms. The molecule has 3 nitrogen and oxygen atoms in total. The SMILES string of the molecule is COC(=O)c1ccccc1C(CC(F)(F)F)OC. The van der Waals surface area contributed by atoms with Gasteiger partial charge in [-0.25, -0.2) is 4.79 Å². The van der Waals surface area contributed by atoms with Gasteiger partial charge in [0.2, 0.25) is 0 Å². The topological polar surface area (TPSA) is 35.5 Å². The molecular formula is C12H13F3O3. The second-order valence-corrected chi connectivity index (χ2v) is 3.62. The van der Waals surface area contributed by atoms with E-state index in [1.165, 1.54) is 26.4 Å². The van der Waals surface area contributed by atoms with Gasteiger partial charge in [-0.2, -0.15) is 13.2 Å². The number of hydrogen-bond acceptors (Lipinski definition) is 3. The lowest BCUT2D eigenvalue weighted by molar-refractivity contribution is -0.158. The van der Waals surface area contributed by atoms with Gasteiger partial charge in [0.1, 0.15) is 0 Å². The Kier molecular flexibility index (Phi) is 4.72. The van der Waals surface area contributed by atoms with Gasteiger partial charge in [0.25, 0.3) is 0 Å². The maximum atomic E-state index is 12.4. The zero-order valence-corrected chi connectivity index (χ0v) is 9.95. The number of methoxy groups -OCH3 is 2. The van der Waals surface area contributed by atoms with Crippen molar-refractivity contribution in [2.24, 2.45) is 0 Å². The van der Waals surface area contributed by atoms with Crippen LogP contribution in [0.5, 0.6) is 0 Å². The van der Waals surface area contributed by atoms with Crippen molar-refractivity contribution in [3.05, 3.63) is 35.4 Å². The summed E-state index contributed by atoms with van der Waals surface area (Å²) in [5.41, 5.74) is 0.250. The minimum absolute atomic E-state index is 0.0797. The summed E-state index contributed by atoms with van der Waals surface area (Å²) in [4.78, 5) is 11.5. The van der Waals surface area contributed by atoms with Gasteiger partial charge in [-0.15, -0.1) is 0 Å². The number of carbonyl (C=O) groups excluding carboxylic acids is 1. The van der Waals surface area contributed by atoms with Crippen LogP contribution in [0.4, 0.5) is 13.2 Å². The zero-order valence-electron chi connectivity index (χ0n) is 9.95. The second kappa shape index (κ2) is 5.86. The molecular weight excluding hydrogens is 249 g/mol. The molecule has 1 atom stereocenters. The number of hydrogen-bond donors (Lipinski definition) is 0. The van der Waals surface area contributed by atoms with Crippen LogP contribution in [0.2, 0.25) is 0 Å². The normalized spacial score (nSPS) is 13.2. The molecule has 1 rings (SSSR count). The van der Waals surface area contributed by atoms with Crippen molar-refractivity contribution >= 4 is 5.97 Å². The molecule has 0 aromatic heterocycles. The molecule has 0 aliphatic carbocycles. The van der Waals surface area contributed by atoms with E-state index in [0.717, 1.165) is 0 Å². The molecule has 0 heterocycles. The number of carbonyl (C=O) groups is 1. The zero-order chi connectivity index (χ0) is 13.8. The van der Waals surface area contributed by atoms with Gasteiger partial charge in [0, 0.05) is 7.11 Å². The summed E-state index contributed by atoms with van der Waals surface area (Å²) in [6.45, 7) is 0. The molecule has 0 N–H and O–H groups in total. The lowest BCUT2D eigenvalue weighted by atomic mass is 10.00. The van der Waals surface area contributed by atoms with E-state index >= 15 is 0 Å². The van der Waals surface area contributed by atoms with Crippen molar-refractivity contribution in [1.29, 1.82) is 0 Å². The molecule has 0 saturated carbocycles. The average Bonchev–Trinajstić information content (AvgIpc) is 2.34. The van der Waals surface area contributed by atoms with Gasteiger partial charge in [-0.1, -0.05) is 18.2 Å². The molecule has 1 unspecified atom stereocenters. The lowest BCUT2D eigenvalue weighted by Gasteiger charge is -2.19. The first-order chi connectivity index (χ1) is 8.39. The van der Waals surface area contributed by atoms with Crippen LogP contribution in [-0.4, -0.2) is 26.4 Å². The monoisotopic (exact) mass is 262 g/mol. The van der Waals surface area contributed by atoms with Crippen LogP contribution in [0.25, 0.3) is 0 Å². The Morgan fingerprint density at radius 2 is 1.89 bits per heavy atom. The Morgan fingerprint density at radius 3 is 2.39 bits per heavy atom. The van der Waals surface area contributed by atoms with E-state index in [4.69, 9.17) is 4.74 Å². The number of ether oxygens (including phenoxy) is 2. The molecule has 0 aliphatic rings. The van der Waals surface area contributed by atoms with Gasteiger partial charge in [0.05, 0.1) is 25.2 Å². The maximum Gasteiger partial charge on any atom is 0.391 e. The first kappa shape index (κ1) is 14.5. The van der Waals surface area contributed by atoms with Crippen LogP contribution in [0, 0.1) is 0 Å². The molecule has 18 heavy (non-hydrogen) atoms. The Hall–Kier alpha value is -1.56. The second-order valence-electron chi connectivity index (χ2n) is 3.62. The summed E-state index contributed by atoms with van der Waals surface area (Å²) in [6.07, 6.45) is -6.75. The Labute approximate surface area is 103 Å². The summed E-state index contributed by atoms with van der Waals surface area (Å²) in [6, 6.07) is 5.93. The minimum Gasteiger partial charge on any atom is -0.465 e. The maximum absolute atomic E-state index is 12.4. The first-order valence-electron chi connectivity index (χ1n) is 5.16. The van der Waals surface area contributed by atoms with E-state index in [2.05, 4.69) is 4.74 Å². The smallest absolute Gasteiger partial charge is 0.391 e. The third-order valence-corrected chi connectivity index (χ3v) is 2.41. The largest absolute Gasteiger partial charge is 0.465 e. The summed E-state index contributed by atoms with van der Waals surface area (Å²) < 4.78 is 46.5. The minimum atomic E-state index is -4.37. The summed E-state index contributed by atoms with van der Waals surface area (Å²) in [5.74, 6) is -0.685. The van der Waals surface area contributed by atoms with Gasteiger partial charge >= 0.3 is 12.1 Å². The summed E-state index contributed by atoms with van der Waals surface area (Å²) in [7, 11) is 2.34. The van der Waals surface area contributed by atoms with E-state index in [1.54, 1.807) is 12.1 Å². The van der Waals surface area contributed by atoms with Crippen LogP contribution in [0.1, 0.15) is 28.4 Å². The first-order valence-corrected chi connectivity index (χ1v) is 5.16. The fourth-order valence-corrected chi connectivity index (χ4v) is 1.60.